The first-order chi connectivity index (χ1) is 6.74. The van der Waals surface area contributed by atoms with Crippen LogP contribution in [0.3, 0.4) is 0 Å². The fourth-order valence-electron chi connectivity index (χ4n) is 1.18. The highest BCUT2D eigenvalue weighted by Crippen LogP contribution is 2.09. The van der Waals surface area contributed by atoms with Gasteiger partial charge in [-0.1, -0.05) is 12.0 Å². The maximum Gasteiger partial charge on any atom is 0.123 e. The van der Waals surface area contributed by atoms with Crippen molar-refractivity contribution in [2.45, 2.75) is 20.4 Å². The van der Waals surface area contributed by atoms with Gasteiger partial charge in [-0.05, 0) is 37.1 Å². The Labute approximate surface area is 84.3 Å². The van der Waals surface area contributed by atoms with Crippen molar-refractivity contribution in [3.8, 4) is 11.8 Å². The Morgan fingerprint density at radius 2 is 2.21 bits per heavy atom. The van der Waals surface area contributed by atoms with Crippen molar-refractivity contribution in [1.29, 1.82) is 0 Å². The van der Waals surface area contributed by atoms with Crippen molar-refractivity contribution in [2.24, 2.45) is 0 Å². The largest absolute Gasteiger partial charge is 0.302 e. The van der Waals surface area contributed by atoms with Gasteiger partial charge >= 0.3 is 0 Å². The number of benzene rings is 1. The molecule has 0 amide bonds. The van der Waals surface area contributed by atoms with E-state index in [2.05, 4.69) is 17.2 Å². The molecule has 1 aromatic rings. The summed E-state index contributed by atoms with van der Waals surface area (Å²) in [5.41, 5.74) is 2.09. The van der Waals surface area contributed by atoms with Crippen molar-refractivity contribution in [1.82, 2.24) is 5.32 Å². The highest BCUT2D eigenvalue weighted by atomic mass is 19.1. The molecule has 1 aromatic carbocycles. The molecular weight excluding hydrogens is 177 g/mol. The molecule has 0 heterocycles. The van der Waals surface area contributed by atoms with Crippen molar-refractivity contribution in [2.75, 3.05) is 6.54 Å². The maximum atomic E-state index is 12.9. The molecule has 0 radical (unpaired) electrons. The van der Waals surface area contributed by atoms with E-state index in [4.69, 9.17) is 0 Å². The average molecular weight is 191 g/mol. The highest BCUT2D eigenvalue weighted by molar-refractivity contribution is 5.26. The first-order valence-electron chi connectivity index (χ1n) is 4.59. The molecule has 0 aromatic heterocycles. The first kappa shape index (κ1) is 10.7. The summed E-state index contributed by atoms with van der Waals surface area (Å²) in [5, 5.41) is 3.13. The van der Waals surface area contributed by atoms with Gasteiger partial charge < -0.3 is 5.32 Å². The summed E-state index contributed by atoms with van der Waals surface area (Å²) in [6, 6.07) is 4.82. The van der Waals surface area contributed by atoms with Crippen LogP contribution < -0.4 is 5.32 Å². The first-order valence-corrected chi connectivity index (χ1v) is 4.59. The molecule has 0 aliphatic carbocycles. The quantitative estimate of drug-likeness (QED) is 0.570. The van der Waals surface area contributed by atoms with E-state index in [9.17, 15) is 4.39 Å². The Morgan fingerprint density at radius 3 is 2.93 bits per heavy atom. The Hall–Kier alpha value is -1.33. The normalized spacial score (nSPS) is 9.36. The second kappa shape index (κ2) is 5.41. The Balaban J connectivity index is 2.56. The molecule has 0 saturated heterocycles. The topological polar surface area (TPSA) is 12.0 Å². The number of nitrogens with one attached hydrogen (secondary N) is 1. The minimum atomic E-state index is -0.186. The Bertz CT molecular complexity index is 360. The lowest BCUT2D eigenvalue weighted by Crippen LogP contribution is -2.14. The van der Waals surface area contributed by atoms with Gasteiger partial charge in [0.05, 0.1) is 6.54 Å². The smallest absolute Gasteiger partial charge is 0.123 e. The van der Waals surface area contributed by atoms with Gasteiger partial charge in [0.2, 0.25) is 0 Å². The third-order valence-corrected chi connectivity index (χ3v) is 2.02. The highest BCUT2D eigenvalue weighted by Gasteiger charge is 1.98. The summed E-state index contributed by atoms with van der Waals surface area (Å²) in [7, 11) is 0. The van der Waals surface area contributed by atoms with Gasteiger partial charge in [0.25, 0.3) is 0 Å². The molecule has 1 N–H and O–H groups in total. The molecule has 0 spiro atoms. The monoisotopic (exact) mass is 191 g/mol. The summed E-state index contributed by atoms with van der Waals surface area (Å²) in [4.78, 5) is 0. The van der Waals surface area contributed by atoms with Crippen LogP contribution in [0.2, 0.25) is 0 Å². The molecule has 0 fully saturated rings. The van der Waals surface area contributed by atoms with Gasteiger partial charge in [0.15, 0.2) is 0 Å². The van der Waals surface area contributed by atoms with Gasteiger partial charge in [-0.3, -0.25) is 0 Å². The molecule has 0 aliphatic heterocycles. The summed E-state index contributed by atoms with van der Waals surface area (Å²) in [5.74, 6) is 5.50. The number of hydrogen-bond donors (Lipinski definition) is 1. The zero-order valence-electron chi connectivity index (χ0n) is 8.52. The summed E-state index contributed by atoms with van der Waals surface area (Å²) < 4.78 is 12.9. The Kier molecular flexibility index (Phi) is 4.15. The van der Waals surface area contributed by atoms with Crippen molar-refractivity contribution in [3.63, 3.8) is 0 Å². The SMILES string of the molecule is CC#CCNCc1cc(F)ccc1C. The van der Waals surface area contributed by atoms with E-state index in [-0.39, 0.29) is 5.82 Å². The molecule has 1 rings (SSSR count). The molecule has 0 aliphatic rings. The van der Waals surface area contributed by atoms with Crippen molar-refractivity contribution >= 4 is 0 Å². The minimum absolute atomic E-state index is 0.186. The fourth-order valence-corrected chi connectivity index (χ4v) is 1.18. The Morgan fingerprint density at radius 1 is 1.43 bits per heavy atom. The minimum Gasteiger partial charge on any atom is -0.302 e. The van der Waals surface area contributed by atoms with Crippen LogP contribution in [0.15, 0.2) is 18.2 Å². The average Bonchev–Trinajstić information content (AvgIpc) is 2.18. The predicted octanol–water partition coefficient (Wildman–Crippen LogP) is 2.25. The van der Waals surface area contributed by atoms with Crippen molar-refractivity contribution in [3.05, 3.63) is 35.1 Å². The van der Waals surface area contributed by atoms with E-state index in [1.807, 2.05) is 6.92 Å². The van der Waals surface area contributed by atoms with E-state index >= 15 is 0 Å². The fraction of sp³-hybridized carbons (Fsp3) is 0.333. The van der Waals surface area contributed by atoms with Gasteiger partial charge in [0.1, 0.15) is 5.82 Å². The van der Waals surface area contributed by atoms with Crippen LogP contribution in [0.25, 0.3) is 0 Å². The van der Waals surface area contributed by atoms with Gasteiger partial charge in [-0.15, -0.1) is 5.92 Å². The third-order valence-electron chi connectivity index (χ3n) is 2.02. The number of aryl methyl sites for hydroxylation is 1. The lowest BCUT2D eigenvalue weighted by Gasteiger charge is -2.05. The zero-order chi connectivity index (χ0) is 10.4. The molecule has 2 heteroatoms. The molecule has 0 bridgehead atoms. The van der Waals surface area contributed by atoms with Gasteiger partial charge in [0, 0.05) is 6.54 Å². The van der Waals surface area contributed by atoms with Gasteiger partial charge in [-0.2, -0.15) is 0 Å². The zero-order valence-corrected chi connectivity index (χ0v) is 8.52. The van der Waals surface area contributed by atoms with Crippen LogP contribution in [0.5, 0.6) is 0 Å². The number of rotatable bonds is 3. The molecule has 74 valence electrons. The van der Waals surface area contributed by atoms with E-state index in [1.54, 1.807) is 19.1 Å². The maximum absolute atomic E-state index is 12.9. The summed E-state index contributed by atoms with van der Waals surface area (Å²) in [6.07, 6.45) is 0. The van der Waals surface area contributed by atoms with Crippen LogP contribution in [-0.4, -0.2) is 6.54 Å². The van der Waals surface area contributed by atoms with Crippen LogP contribution in [0.4, 0.5) is 4.39 Å². The lowest BCUT2D eigenvalue weighted by molar-refractivity contribution is 0.622. The molecule has 0 saturated carbocycles. The second-order valence-electron chi connectivity index (χ2n) is 3.10. The third kappa shape index (κ3) is 3.20. The van der Waals surface area contributed by atoms with Crippen LogP contribution in [-0.2, 0) is 6.54 Å². The molecule has 0 atom stereocenters. The molecule has 0 unspecified atom stereocenters. The van der Waals surface area contributed by atoms with E-state index in [1.165, 1.54) is 6.07 Å². The summed E-state index contributed by atoms with van der Waals surface area (Å²) in [6.45, 7) is 5.09. The predicted molar refractivity (Wildman–Crippen MR) is 56.3 cm³/mol. The van der Waals surface area contributed by atoms with Crippen LogP contribution in [0.1, 0.15) is 18.1 Å². The summed E-state index contributed by atoms with van der Waals surface area (Å²) >= 11 is 0. The number of hydrogen-bond acceptors (Lipinski definition) is 1. The van der Waals surface area contributed by atoms with Gasteiger partial charge in [-0.25, -0.2) is 4.39 Å². The van der Waals surface area contributed by atoms with Crippen LogP contribution >= 0.6 is 0 Å². The van der Waals surface area contributed by atoms with Crippen molar-refractivity contribution < 1.29 is 4.39 Å². The molecular formula is C12H14FN. The second-order valence-corrected chi connectivity index (χ2v) is 3.10. The van der Waals surface area contributed by atoms with Crippen LogP contribution in [0, 0.1) is 24.6 Å². The van der Waals surface area contributed by atoms with E-state index in [0.717, 1.165) is 11.1 Å². The molecule has 1 nitrogen and oxygen atoms in total. The molecule has 14 heavy (non-hydrogen) atoms. The standard InChI is InChI=1S/C12H14FN/c1-3-4-7-14-9-11-8-12(13)6-5-10(11)2/h5-6,8,14H,7,9H2,1-2H3. The lowest BCUT2D eigenvalue weighted by atomic mass is 10.1. The number of halogens is 1. The van der Waals surface area contributed by atoms with E-state index < -0.39 is 0 Å². The van der Waals surface area contributed by atoms with E-state index in [0.29, 0.717) is 13.1 Å².